The van der Waals surface area contributed by atoms with Crippen LogP contribution in [-0.4, -0.2) is 23.4 Å². The number of rotatable bonds is 4. The minimum Gasteiger partial charge on any atom is -0.370 e. The highest BCUT2D eigenvalue weighted by Gasteiger charge is 2.02. The van der Waals surface area contributed by atoms with Gasteiger partial charge in [-0.05, 0) is 49.2 Å². The maximum absolute atomic E-state index is 11.7. The average Bonchev–Trinajstić information content (AvgIpc) is 2.45. The van der Waals surface area contributed by atoms with E-state index >= 15 is 0 Å². The van der Waals surface area contributed by atoms with Gasteiger partial charge in [-0.25, -0.2) is 4.99 Å². The topological polar surface area (TPSA) is 92.4 Å². The molecule has 0 saturated carbocycles. The number of pyridine rings is 1. The molecular weight excluding hydrogens is 405 g/mol. The molecule has 2 rings (SSSR count). The Labute approximate surface area is 152 Å². The summed E-state index contributed by atoms with van der Waals surface area (Å²) in [7, 11) is 0. The normalized spacial score (nSPS) is 10.6. The summed E-state index contributed by atoms with van der Waals surface area (Å²) in [6, 6.07) is 9.50. The fourth-order valence-electron chi connectivity index (χ4n) is 2.03. The van der Waals surface area contributed by atoms with E-state index in [2.05, 4.69) is 26.7 Å². The number of nitrogens with one attached hydrogen (secondary N) is 2. The summed E-state index contributed by atoms with van der Waals surface area (Å²) >= 11 is 0. The first-order chi connectivity index (χ1) is 10.5. The largest absolute Gasteiger partial charge is 0.370 e. The van der Waals surface area contributed by atoms with Crippen molar-refractivity contribution in [2.45, 2.75) is 13.8 Å². The monoisotopic (exact) mass is 425 g/mol. The number of anilines is 2. The van der Waals surface area contributed by atoms with E-state index in [0.717, 1.165) is 16.8 Å². The molecular formula is C16H20IN5O. The van der Waals surface area contributed by atoms with Gasteiger partial charge in [-0.1, -0.05) is 6.07 Å². The average molecular weight is 425 g/mol. The molecule has 0 spiro atoms. The maximum Gasteiger partial charge on any atom is 0.246 e. The Balaban J connectivity index is 0.00000264. The van der Waals surface area contributed by atoms with Crippen LogP contribution in [0.2, 0.25) is 0 Å². The number of aliphatic imine (C=N–C) groups is 1. The lowest BCUT2D eigenvalue weighted by molar-refractivity contribution is -0.114. The molecule has 0 radical (unpaired) electrons. The van der Waals surface area contributed by atoms with Crippen molar-refractivity contribution in [3.05, 3.63) is 53.9 Å². The standard InChI is InChI=1S/C16H19N5O.HI/c1-11-6-12(2)8-14(7-11)21-16(17)19-10-15(22)20-13-4-3-5-18-9-13;/h3-9H,10H2,1-2H3,(H,20,22)(H3,17,19,21);1H. The van der Waals surface area contributed by atoms with Crippen molar-refractivity contribution in [2.24, 2.45) is 10.7 Å². The molecule has 0 unspecified atom stereocenters. The van der Waals surface area contributed by atoms with Crippen molar-refractivity contribution >= 4 is 47.2 Å². The SMILES string of the molecule is Cc1cc(C)cc(NC(N)=NCC(=O)Nc2cccnc2)c1.I. The lowest BCUT2D eigenvalue weighted by atomic mass is 10.1. The number of guanidine groups is 1. The van der Waals surface area contributed by atoms with Crippen molar-refractivity contribution in [3.63, 3.8) is 0 Å². The lowest BCUT2D eigenvalue weighted by Crippen LogP contribution is -2.25. The Hall–Kier alpha value is -2.16. The first kappa shape index (κ1) is 18.9. The summed E-state index contributed by atoms with van der Waals surface area (Å²) in [5.74, 6) is -0.0514. The molecule has 0 aliphatic rings. The fraction of sp³-hybridized carbons (Fsp3) is 0.188. The van der Waals surface area contributed by atoms with Gasteiger partial charge in [0.1, 0.15) is 6.54 Å². The molecule has 7 heteroatoms. The highest BCUT2D eigenvalue weighted by molar-refractivity contribution is 14.0. The number of benzene rings is 1. The molecule has 0 fully saturated rings. The van der Waals surface area contributed by atoms with Crippen LogP contribution < -0.4 is 16.4 Å². The number of aryl methyl sites for hydroxylation is 2. The highest BCUT2D eigenvalue weighted by Crippen LogP contribution is 2.13. The second-order valence-electron chi connectivity index (χ2n) is 4.99. The Bertz CT molecular complexity index is 668. The van der Waals surface area contributed by atoms with E-state index in [9.17, 15) is 4.79 Å². The lowest BCUT2D eigenvalue weighted by Gasteiger charge is -2.08. The zero-order chi connectivity index (χ0) is 15.9. The number of hydrogen-bond acceptors (Lipinski definition) is 3. The smallest absolute Gasteiger partial charge is 0.246 e. The van der Waals surface area contributed by atoms with Crippen LogP contribution in [0, 0.1) is 13.8 Å². The van der Waals surface area contributed by atoms with Gasteiger partial charge in [0.25, 0.3) is 0 Å². The zero-order valence-corrected chi connectivity index (χ0v) is 15.4. The van der Waals surface area contributed by atoms with E-state index in [-0.39, 0.29) is 42.4 Å². The molecule has 2 aromatic rings. The van der Waals surface area contributed by atoms with Crippen LogP contribution in [0.15, 0.2) is 47.7 Å². The van der Waals surface area contributed by atoms with E-state index in [1.165, 1.54) is 0 Å². The number of aromatic nitrogens is 1. The Morgan fingerprint density at radius 2 is 1.87 bits per heavy atom. The predicted molar refractivity (Wildman–Crippen MR) is 104 cm³/mol. The predicted octanol–water partition coefficient (Wildman–Crippen LogP) is 2.68. The third-order valence-corrected chi connectivity index (χ3v) is 2.83. The maximum atomic E-state index is 11.7. The Morgan fingerprint density at radius 3 is 2.48 bits per heavy atom. The quantitative estimate of drug-likeness (QED) is 0.399. The third kappa shape index (κ3) is 6.64. The number of carbonyl (C=O) groups is 1. The molecule has 1 aromatic heterocycles. The number of carbonyl (C=O) groups excluding carboxylic acids is 1. The van der Waals surface area contributed by atoms with Gasteiger partial charge in [-0.15, -0.1) is 24.0 Å². The van der Waals surface area contributed by atoms with Crippen molar-refractivity contribution in [1.29, 1.82) is 0 Å². The second-order valence-corrected chi connectivity index (χ2v) is 4.99. The van der Waals surface area contributed by atoms with E-state index < -0.39 is 0 Å². The van der Waals surface area contributed by atoms with Crippen LogP contribution in [0.3, 0.4) is 0 Å². The van der Waals surface area contributed by atoms with Gasteiger partial charge in [-0.3, -0.25) is 9.78 Å². The van der Waals surface area contributed by atoms with Crippen LogP contribution in [0.5, 0.6) is 0 Å². The highest BCUT2D eigenvalue weighted by atomic mass is 127. The Morgan fingerprint density at radius 1 is 1.17 bits per heavy atom. The number of hydrogen-bond donors (Lipinski definition) is 3. The molecule has 6 nitrogen and oxygen atoms in total. The van der Waals surface area contributed by atoms with E-state index in [1.807, 2.05) is 26.0 Å². The molecule has 0 atom stereocenters. The minimum atomic E-state index is -0.252. The Kier molecular flexibility index (Phi) is 7.46. The molecule has 23 heavy (non-hydrogen) atoms. The molecule has 1 amide bonds. The summed E-state index contributed by atoms with van der Waals surface area (Å²) in [4.78, 5) is 19.7. The van der Waals surface area contributed by atoms with Crippen LogP contribution >= 0.6 is 24.0 Å². The van der Waals surface area contributed by atoms with Crippen LogP contribution in [0.4, 0.5) is 11.4 Å². The number of nitrogens with zero attached hydrogens (tertiary/aromatic N) is 2. The number of nitrogens with two attached hydrogens (primary N) is 1. The van der Waals surface area contributed by atoms with Gasteiger partial charge in [0.15, 0.2) is 5.96 Å². The van der Waals surface area contributed by atoms with Gasteiger partial charge in [0, 0.05) is 11.9 Å². The van der Waals surface area contributed by atoms with Gasteiger partial charge in [-0.2, -0.15) is 0 Å². The van der Waals surface area contributed by atoms with Gasteiger partial charge in [0.05, 0.1) is 11.9 Å². The molecule has 4 N–H and O–H groups in total. The van der Waals surface area contributed by atoms with Crippen molar-refractivity contribution in [1.82, 2.24) is 4.98 Å². The molecule has 122 valence electrons. The second kappa shape index (κ2) is 9.09. The number of halogens is 1. The zero-order valence-electron chi connectivity index (χ0n) is 13.0. The third-order valence-electron chi connectivity index (χ3n) is 2.83. The fourth-order valence-corrected chi connectivity index (χ4v) is 2.03. The van der Waals surface area contributed by atoms with Crippen molar-refractivity contribution in [3.8, 4) is 0 Å². The summed E-state index contributed by atoms with van der Waals surface area (Å²) in [6.45, 7) is 3.96. The summed E-state index contributed by atoms with van der Waals surface area (Å²) in [6.07, 6.45) is 3.21. The molecule has 1 heterocycles. The minimum absolute atomic E-state index is 0. The molecule has 0 aliphatic heterocycles. The first-order valence-electron chi connectivity index (χ1n) is 6.88. The van der Waals surface area contributed by atoms with E-state index in [4.69, 9.17) is 5.73 Å². The van der Waals surface area contributed by atoms with E-state index in [0.29, 0.717) is 5.69 Å². The molecule has 1 aromatic carbocycles. The van der Waals surface area contributed by atoms with Crippen molar-refractivity contribution < 1.29 is 4.79 Å². The van der Waals surface area contributed by atoms with Crippen LogP contribution in [0.1, 0.15) is 11.1 Å². The van der Waals surface area contributed by atoms with Gasteiger partial charge in [0.2, 0.25) is 5.91 Å². The summed E-state index contributed by atoms with van der Waals surface area (Å²) in [5.41, 5.74) is 9.53. The summed E-state index contributed by atoms with van der Waals surface area (Å²) in [5, 5.41) is 5.67. The molecule has 0 aliphatic carbocycles. The van der Waals surface area contributed by atoms with Crippen LogP contribution in [0.25, 0.3) is 0 Å². The molecule has 0 bridgehead atoms. The van der Waals surface area contributed by atoms with Gasteiger partial charge >= 0.3 is 0 Å². The van der Waals surface area contributed by atoms with Crippen molar-refractivity contribution in [2.75, 3.05) is 17.2 Å². The first-order valence-corrected chi connectivity index (χ1v) is 6.88. The summed E-state index contributed by atoms with van der Waals surface area (Å²) < 4.78 is 0. The van der Waals surface area contributed by atoms with Crippen LogP contribution in [-0.2, 0) is 4.79 Å². The number of amides is 1. The molecule has 0 saturated heterocycles. The van der Waals surface area contributed by atoms with E-state index in [1.54, 1.807) is 24.5 Å². The van der Waals surface area contributed by atoms with Gasteiger partial charge < -0.3 is 16.4 Å².